The average Bonchev–Trinajstić information content (AvgIpc) is 3.27. The third kappa shape index (κ3) is 35.9. The van der Waals surface area contributed by atoms with Crippen LogP contribution in [0.5, 0.6) is 0 Å². The Morgan fingerprint density at radius 2 is 1.10 bits per heavy atom. The van der Waals surface area contributed by atoms with Crippen LogP contribution in [0.1, 0.15) is 91.9 Å². The van der Waals surface area contributed by atoms with Crippen molar-refractivity contribution in [2.45, 2.75) is 127 Å². The molecule has 21 heteroatoms. The minimum absolute atomic E-state index is 0.00725. The molecule has 0 radical (unpaired) electrons. The zero-order chi connectivity index (χ0) is 45.5. The van der Waals surface area contributed by atoms with Gasteiger partial charge in [-0.3, -0.25) is 9.59 Å². The first kappa shape index (κ1) is 59.9. The normalized spacial score (nSPS) is 13.1. The molecule has 0 saturated heterocycles. The van der Waals surface area contributed by atoms with E-state index < -0.39 is 24.3 Å². The van der Waals surface area contributed by atoms with Gasteiger partial charge in [0.2, 0.25) is 5.95 Å². The highest BCUT2D eigenvalue weighted by Crippen LogP contribution is 2.22. The van der Waals surface area contributed by atoms with Gasteiger partial charge in [0.05, 0.1) is 63.4 Å². The van der Waals surface area contributed by atoms with E-state index in [1.807, 2.05) is 20.1 Å². The molecule has 0 saturated carbocycles. The number of rotatable bonds is 37. The van der Waals surface area contributed by atoms with Crippen LogP contribution < -0.4 is 4.90 Å². The summed E-state index contributed by atoms with van der Waals surface area (Å²) in [6.45, 7) is 13.2. The van der Waals surface area contributed by atoms with Crippen LogP contribution in [0.25, 0.3) is 0 Å². The zero-order valence-corrected chi connectivity index (χ0v) is 41.2. The number of hydrogen-bond donors (Lipinski definition) is 4. The summed E-state index contributed by atoms with van der Waals surface area (Å²) in [6.07, 6.45) is 8.85. The van der Waals surface area contributed by atoms with Crippen LogP contribution >= 0.6 is 59.3 Å². The van der Waals surface area contributed by atoms with E-state index in [-0.39, 0.29) is 43.4 Å². The van der Waals surface area contributed by atoms with Crippen molar-refractivity contribution in [3.8, 4) is 0 Å². The van der Waals surface area contributed by atoms with Crippen molar-refractivity contribution in [2.24, 2.45) is 0 Å². The van der Waals surface area contributed by atoms with Crippen LogP contribution in [-0.2, 0) is 38.0 Å². The molecule has 0 amide bonds. The number of nitrogens with zero attached hydrogens (tertiary/aromatic N) is 4. The van der Waals surface area contributed by atoms with Gasteiger partial charge in [-0.1, -0.05) is 99.8 Å². The van der Waals surface area contributed by atoms with Crippen molar-refractivity contribution in [3.05, 3.63) is 0 Å². The monoisotopic (exact) mass is 962 g/mol. The topological polar surface area (TPSA) is 212 Å². The van der Waals surface area contributed by atoms with Crippen molar-refractivity contribution in [2.75, 3.05) is 108 Å². The van der Waals surface area contributed by atoms with Gasteiger partial charge < -0.3 is 53.7 Å². The fraction of sp³-hybridized carbons (Fsp3) is 0.850. The lowest BCUT2D eigenvalue weighted by Gasteiger charge is -2.23. The number of carbonyl (C=O) groups is 2. The fourth-order valence-corrected chi connectivity index (χ4v) is 7.26. The summed E-state index contributed by atoms with van der Waals surface area (Å²) in [6, 6.07) is 0. The lowest BCUT2D eigenvalue weighted by molar-refractivity contribution is -0.144. The van der Waals surface area contributed by atoms with Gasteiger partial charge in [-0.15, -0.1) is 0 Å². The Morgan fingerprint density at radius 1 is 0.639 bits per heavy atom. The van der Waals surface area contributed by atoms with Crippen LogP contribution in [0.15, 0.2) is 10.3 Å². The number of anilines is 1. The van der Waals surface area contributed by atoms with Crippen molar-refractivity contribution in [1.82, 2.24) is 15.0 Å². The van der Waals surface area contributed by atoms with E-state index in [1.54, 1.807) is 0 Å². The largest absolute Gasteiger partial charge is 0.468 e. The van der Waals surface area contributed by atoms with Crippen LogP contribution in [0, 0.1) is 0 Å². The Labute approximate surface area is 386 Å². The van der Waals surface area contributed by atoms with E-state index in [2.05, 4.69) is 38.4 Å². The number of unbranched alkanes of at least 4 members (excludes halogenated alkanes) is 4. The molecule has 0 fully saturated rings. The van der Waals surface area contributed by atoms with E-state index in [0.717, 1.165) is 93.9 Å². The van der Waals surface area contributed by atoms with Gasteiger partial charge >= 0.3 is 11.9 Å². The van der Waals surface area contributed by atoms with Crippen LogP contribution in [0.4, 0.5) is 5.95 Å². The Bertz CT molecular complexity index is 1240. The first-order chi connectivity index (χ1) is 29.4. The number of aliphatic hydroxyl groups is 4. The second kappa shape index (κ2) is 41.6. The molecule has 1 rings (SSSR count). The van der Waals surface area contributed by atoms with E-state index >= 15 is 0 Å². The highest BCUT2D eigenvalue weighted by molar-refractivity contribution is 8.47. The summed E-state index contributed by atoms with van der Waals surface area (Å²) >= 11 is 10.2. The van der Waals surface area contributed by atoms with Gasteiger partial charge in [0.25, 0.3) is 0 Å². The maximum absolute atomic E-state index is 11.6. The molecule has 0 aromatic carbocycles. The summed E-state index contributed by atoms with van der Waals surface area (Å²) in [5.74, 6) is 0.420. The molecule has 1 aromatic heterocycles. The Kier molecular flexibility index (Phi) is 40.9. The standard InChI is InChI=1S/C23H44N4O4S2.C17H30O8S3/c1-5-8-12-27(13-9-6-2)21-24-22(32-4)26-23(25-21)33-18-20(29)17-31-15-11-10-14-30-16-19(28)7-3;1-3-13(18)8-23-6-4-5-7-24-9-14(19)10-25-16(21)12-28-17(26)27-11-15(20)22-2/h19-20,28-29H,5-18H2,1-4H3;13-14,18-19H,3-12H2,1-2H3. The molecule has 61 heavy (non-hydrogen) atoms. The summed E-state index contributed by atoms with van der Waals surface area (Å²) in [4.78, 5) is 38.7. The SMILES string of the molecule is CCC(O)COCCCCOCC(O)COC(=O)CSC(=S)SCC(=O)OC.CCCCN(CCCC)c1nc(SC)nc(SCC(O)COCCCCOCC(O)CC)n1. The smallest absolute Gasteiger partial charge is 0.316 e. The molecule has 4 N–H and O–H groups in total. The second-order valence-corrected chi connectivity index (χ2v) is 18.6. The third-order valence-corrected chi connectivity index (χ3v) is 12.3. The van der Waals surface area contributed by atoms with Gasteiger partial charge in [-0.2, -0.15) is 15.0 Å². The number of thiocarbonyl (C=S) groups is 1. The molecule has 0 aliphatic heterocycles. The molecule has 0 aliphatic rings. The first-order valence-corrected chi connectivity index (χ1v) is 25.7. The summed E-state index contributed by atoms with van der Waals surface area (Å²) < 4.78 is 31.5. The molecule has 16 nitrogen and oxygen atoms in total. The van der Waals surface area contributed by atoms with Crippen molar-refractivity contribution >= 4 is 80.7 Å². The lowest BCUT2D eigenvalue weighted by atomic mass is 10.3. The molecule has 4 unspecified atom stereocenters. The van der Waals surface area contributed by atoms with E-state index in [9.17, 15) is 30.0 Å². The number of hydrogen-bond acceptors (Lipinski definition) is 21. The highest BCUT2D eigenvalue weighted by atomic mass is 32.2. The van der Waals surface area contributed by atoms with Crippen molar-refractivity contribution in [1.29, 1.82) is 0 Å². The Balaban J connectivity index is 0.00000120. The average molecular weight is 963 g/mol. The lowest BCUT2D eigenvalue weighted by Crippen LogP contribution is -2.28. The number of carbonyl (C=O) groups excluding carboxylic acids is 2. The van der Waals surface area contributed by atoms with Gasteiger partial charge in [0.1, 0.15) is 16.2 Å². The predicted molar refractivity (Wildman–Crippen MR) is 251 cm³/mol. The number of esters is 2. The molecule has 1 heterocycles. The molecule has 0 aliphatic carbocycles. The molecule has 0 bridgehead atoms. The number of thioether (sulfide) groups is 4. The minimum atomic E-state index is -0.898. The van der Waals surface area contributed by atoms with E-state index in [0.29, 0.717) is 72.1 Å². The van der Waals surface area contributed by atoms with Crippen LogP contribution in [0.3, 0.4) is 0 Å². The molecular formula is C40H74N4O12S5. The maximum Gasteiger partial charge on any atom is 0.316 e. The van der Waals surface area contributed by atoms with E-state index in [1.165, 1.54) is 30.6 Å². The number of aromatic nitrogens is 3. The van der Waals surface area contributed by atoms with Gasteiger partial charge in [0, 0.05) is 45.3 Å². The van der Waals surface area contributed by atoms with Crippen molar-refractivity contribution < 1.29 is 58.4 Å². The van der Waals surface area contributed by atoms with Crippen LogP contribution in [0.2, 0.25) is 0 Å². The summed E-state index contributed by atoms with van der Waals surface area (Å²) in [5, 5.41) is 40.1. The number of methoxy groups -OCH3 is 1. The third-order valence-electron chi connectivity index (χ3n) is 8.13. The minimum Gasteiger partial charge on any atom is -0.468 e. The number of ether oxygens (including phenoxy) is 6. The zero-order valence-electron chi connectivity index (χ0n) is 37.2. The fourth-order valence-electron chi connectivity index (χ4n) is 4.40. The van der Waals surface area contributed by atoms with E-state index in [4.69, 9.17) is 35.9 Å². The Morgan fingerprint density at radius 3 is 1.56 bits per heavy atom. The van der Waals surface area contributed by atoms with Crippen LogP contribution in [-0.4, -0.2) is 178 Å². The van der Waals surface area contributed by atoms with Gasteiger partial charge in [-0.25, -0.2) is 0 Å². The molecule has 1 aromatic rings. The predicted octanol–water partition coefficient (Wildman–Crippen LogP) is 5.44. The molecule has 0 spiro atoms. The summed E-state index contributed by atoms with van der Waals surface area (Å²) in [7, 11) is 1.29. The van der Waals surface area contributed by atoms with Gasteiger partial charge in [0.15, 0.2) is 10.3 Å². The maximum atomic E-state index is 11.6. The molecule has 4 atom stereocenters. The molecule has 356 valence electrons. The number of aliphatic hydroxyl groups excluding tert-OH is 4. The Hall–Kier alpha value is -1.08. The summed E-state index contributed by atoms with van der Waals surface area (Å²) in [5.41, 5.74) is 0. The van der Waals surface area contributed by atoms with Gasteiger partial charge in [-0.05, 0) is 57.6 Å². The highest BCUT2D eigenvalue weighted by Gasteiger charge is 2.16. The van der Waals surface area contributed by atoms with Crippen molar-refractivity contribution in [3.63, 3.8) is 0 Å². The quantitative estimate of drug-likeness (QED) is 0.0283. The first-order valence-electron chi connectivity index (χ1n) is 21.1. The second-order valence-electron chi connectivity index (χ2n) is 13.6. The molecular weight excluding hydrogens is 889 g/mol.